The molecule has 0 spiro atoms. The lowest BCUT2D eigenvalue weighted by atomic mass is 9.97. The molecule has 2 aromatic heterocycles. The number of hydrogen-bond donors (Lipinski definition) is 1. The van der Waals surface area contributed by atoms with Crippen molar-refractivity contribution in [3.05, 3.63) is 20.8 Å². The summed E-state index contributed by atoms with van der Waals surface area (Å²) in [5, 5.41) is 3.30. The molecule has 1 aliphatic rings. The standard InChI is InChI=1S/C18H23N3O5S2/c1-3-26-18(24)19-13(22)10-27-17-20-15-14(16(23)21(17)8-9-25-2)11-6-4-5-7-12(11)28-15/h3-10H2,1-2H3,(H,19,22,24). The molecule has 10 heteroatoms. The van der Waals surface area contributed by atoms with E-state index < -0.39 is 12.0 Å². The minimum Gasteiger partial charge on any atom is -0.450 e. The van der Waals surface area contributed by atoms with E-state index in [9.17, 15) is 14.4 Å². The van der Waals surface area contributed by atoms with Crippen LogP contribution >= 0.6 is 23.1 Å². The smallest absolute Gasteiger partial charge is 0.413 e. The molecule has 2 amide bonds. The highest BCUT2D eigenvalue weighted by Crippen LogP contribution is 2.34. The number of alkyl carbamates (subject to hydrolysis) is 1. The Morgan fingerprint density at radius 2 is 2.11 bits per heavy atom. The van der Waals surface area contributed by atoms with E-state index in [1.165, 1.54) is 4.88 Å². The third-order valence-corrected chi connectivity index (χ3v) is 6.57. The summed E-state index contributed by atoms with van der Waals surface area (Å²) >= 11 is 2.69. The van der Waals surface area contributed by atoms with Crippen molar-refractivity contribution in [2.75, 3.05) is 26.1 Å². The summed E-state index contributed by atoms with van der Waals surface area (Å²) in [6.45, 7) is 2.56. The predicted molar refractivity (Wildman–Crippen MR) is 108 cm³/mol. The van der Waals surface area contributed by atoms with Gasteiger partial charge in [0.15, 0.2) is 5.16 Å². The summed E-state index contributed by atoms with van der Waals surface area (Å²) in [5.41, 5.74) is 1.04. The van der Waals surface area contributed by atoms with Gasteiger partial charge in [-0.05, 0) is 38.2 Å². The van der Waals surface area contributed by atoms with Crippen LogP contribution in [0.3, 0.4) is 0 Å². The van der Waals surface area contributed by atoms with Gasteiger partial charge in [0.05, 0.1) is 30.9 Å². The third kappa shape index (κ3) is 4.56. The average Bonchev–Trinajstić information content (AvgIpc) is 3.04. The van der Waals surface area contributed by atoms with Gasteiger partial charge in [0.25, 0.3) is 5.56 Å². The molecule has 28 heavy (non-hydrogen) atoms. The monoisotopic (exact) mass is 425 g/mol. The first-order valence-corrected chi connectivity index (χ1v) is 11.0. The van der Waals surface area contributed by atoms with Crippen LogP contribution in [-0.2, 0) is 33.7 Å². The van der Waals surface area contributed by atoms with Crippen molar-refractivity contribution in [1.82, 2.24) is 14.9 Å². The van der Waals surface area contributed by atoms with Crippen molar-refractivity contribution in [3.63, 3.8) is 0 Å². The Kier molecular flexibility index (Phi) is 7.08. The summed E-state index contributed by atoms with van der Waals surface area (Å²) in [4.78, 5) is 43.1. The van der Waals surface area contributed by atoms with Gasteiger partial charge in [-0.25, -0.2) is 9.78 Å². The van der Waals surface area contributed by atoms with Crippen LogP contribution in [0.25, 0.3) is 10.2 Å². The van der Waals surface area contributed by atoms with Gasteiger partial charge >= 0.3 is 6.09 Å². The quantitative estimate of drug-likeness (QED) is 0.537. The number of aromatic nitrogens is 2. The van der Waals surface area contributed by atoms with Gasteiger partial charge in [0.1, 0.15) is 4.83 Å². The van der Waals surface area contributed by atoms with Crippen LogP contribution in [0.4, 0.5) is 4.79 Å². The molecule has 0 aliphatic heterocycles. The number of hydrogen-bond acceptors (Lipinski definition) is 8. The fourth-order valence-electron chi connectivity index (χ4n) is 3.16. The number of methoxy groups -OCH3 is 1. The van der Waals surface area contributed by atoms with Crippen molar-refractivity contribution < 1.29 is 19.1 Å². The minimum atomic E-state index is -0.779. The number of carbonyl (C=O) groups excluding carboxylic acids is 2. The number of ether oxygens (including phenoxy) is 2. The Morgan fingerprint density at radius 1 is 1.32 bits per heavy atom. The Balaban J connectivity index is 1.88. The molecular weight excluding hydrogens is 402 g/mol. The second-order valence-electron chi connectivity index (χ2n) is 6.29. The van der Waals surface area contributed by atoms with Crippen LogP contribution in [0.15, 0.2) is 9.95 Å². The van der Waals surface area contributed by atoms with E-state index in [2.05, 4.69) is 10.3 Å². The molecule has 0 saturated heterocycles. The first-order valence-electron chi connectivity index (χ1n) is 9.18. The van der Waals surface area contributed by atoms with Gasteiger partial charge in [-0.15, -0.1) is 11.3 Å². The van der Waals surface area contributed by atoms with E-state index in [4.69, 9.17) is 9.47 Å². The normalized spacial score (nSPS) is 13.4. The summed E-state index contributed by atoms with van der Waals surface area (Å²) in [5.74, 6) is -0.545. The van der Waals surface area contributed by atoms with Crippen molar-refractivity contribution in [3.8, 4) is 0 Å². The van der Waals surface area contributed by atoms with Crippen LogP contribution in [-0.4, -0.2) is 47.6 Å². The van der Waals surface area contributed by atoms with Crippen molar-refractivity contribution in [1.29, 1.82) is 0 Å². The second kappa shape index (κ2) is 9.53. The molecule has 1 N–H and O–H groups in total. The lowest BCUT2D eigenvalue weighted by molar-refractivity contribution is -0.117. The first-order chi connectivity index (χ1) is 13.5. The molecule has 0 atom stereocenters. The lowest BCUT2D eigenvalue weighted by Crippen LogP contribution is -2.33. The number of rotatable bonds is 7. The number of nitrogens with zero attached hydrogens (tertiary/aromatic N) is 2. The number of nitrogens with one attached hydrogen (secondary N) is 1. The van der Waals surface area contributed by atoms with Crippen molar-refractivity contribution in [2.24, 2.45) is 0 Å². The van der Waals surface area contributed by atoms with Crippen molar-refractivity contribution >= 4 is 45.3 Å². The molecule has 2 heterocycles. The van der Waals surface area contributed by atoms with Crippen LogP contribution < -0.4 is 10.9 Å². The van der Waals surface area contributed by atoms with Crippen LogP contribution in [0.5, 0.6) is 0 Å². The number of imide groups is 1. The largest absolute Gasteiger partial charge is 0.450 e. The van der Waals surface area contributed by atoms with Crippen LogP contribution in [0.1, 0.15) is 30.2 Å². The highest BCUT2D eigenvalue weighted by atomic mass is 32.2. The Bertz CT molecular complexity index is 937. The summed E-state index contributed by atoms with van der Waals surface area (Å²) in [6, 6.07) is 0. The Hall–Kier alpha value is -1.91. The fraction of sp³-hybridized carbons (Fsp3) is 0.556. The molecule has 0 aromatic carbocycles. The van der Waals surface area contributed by atoms with E-state index in [1.807, 2.05) is 0 Å². The SMILES string of the molecule is CCOC(=O)NC(=O)CSc1nc2sc3c(c2c(=O)n1CCOC)CCCC3. The van der Waals surface area contributed by atoms with Gasteiger partial charge in [-0.2, -0.15) is 0 Å². The molecule has 8 nitrogen and oxygen atoms in total. The molecule has 0 radical (unpaired) electrons. The molecular formula is C18H23N3O5S2. The number of carbonyl (C=O) groups is 2. The molecule has 2 aromatic rings. The minimum absolute atomic E-state index is 0.0468. The highest BCUT2D eigenvalue weighted by Gasteiger charge is 2.22. The van der Waals surface area contributed by atoms with Gasteiger partial charge < -0.3 is 9.47 Å². The molecule has 1 aliphatic carbocycles. The summed E-state index contributed by atoms with van der Waals surface area (Å²) in [6.07, 6.45) is 3.33. The molecule has 3 rings (SSSR count). The molecule has 0 bridgehead atoms. The zero-order valence-electron chi connectivity index (χ0n) is 15.9. The van der Waals surface area contributed by atoms with E-state index in [0.29, 0.717) is 23.7 Å². The number of fused-ring (bicyclic) bond motifs is 3. The zero-order valence-corrected chi connectivity index (χ0v) is 17.5. The van der Waals surface area contributed by atoms with Crippen LogP contribution in [0.2, 0.25) is 0 Å². The van der Waals surface area contributed by atoms with Crippen molar-refractivity contribution in [2.45, 2.75) is 44.3 Å². The van der Waals surface area contributed by atoms with Crippen LogP contribution in [0, 0.1) is 0 Å². The first kappa shape index (κ1) is 20.8. The summed E-state index contributed by atoms with van der Waals surface area (Å²) in [7, 11) is 1.57. The van der Waals surface area contributed by atoms with Gasteiger partial charge in [-0.3, -0.25) is 19.5 Å². The fourth-order valence-corrected chi connectivity index (χ4v) is 5.28. The van der Waals surface area contributed by atoms with Gasteiger partial charge in [0.2, 0.25) is 5.91 Å². The summed E-state index contributed by atoms with van der Waals surface area (Å²) < 4.78 is 11.4. The van der Waals surface area contributed by atoms with Gasteiger partial charge in [-0.1, -0.05) is 11.8 Å². The van der Waals surface area contributed by atoms with E-state index in [-0.39, 0.29) is 17.9 Å². The molecule has 152 valence electrons. The zero-order chi connectivity index (χ0) is 20.1. The van der Waals surface area contributed by atoms with Gasteiger partial charge in [0, 0.05) is 12.0 Å². The Labute approximate surface area is 170 Å². The number of thiophene rings is 1. The lowest BCUT2D eigenvalue weighted by Gasteiger charge is -2.13. The number of amides is 2. The van der Waals surface area contributed by atoms with E-state index in [0.717, 1.165) is 47.8 Å². The number of aryl methyl sites for hydroxylation is 2. The highest BCUT2D eigenvalue weighted by molar-refractivity contribution is 7.99. The third-order valence-electron chi connectivity index (χ3n) is 4.41. The maximum Gasteiger partial charge on any atom is 0.413 e. The second-order valence-corrected chi connectivity index (χ2v) is 8.32. The maximum absolute atomic E-state index is 13.2. The Morgan fingerprint density at radius 3 is 2.86 bits per heavy atom. The van der Waals surface area contributed by atoms with E-state index >= 15 is 0 Å². The average molecular weight is 426 g/mol. The maximum atomic E-state index is 13.2. The molecule has 0 unspecified atom stereocenters. The topological polar surface area (TPSA) is 99.5 Å². The molecule has 0 fully saturated rings. The molecule has 0 saturated carbocycles. The predicted octanol–water partition coefficient (Wildman–Crippen LogP) is 2.35. The van der Waals surface area contributed by atoms with E-state index in [1.54, 1.807) is 29.9 Å². The number of thioether (sulfide) groups is 1.